The van der Waals surface area contributed by atoms with Gasteiger partial charge in [-0.25, -0.2) is 92.6 Å². The molecule has 3 fully saturated rings. The number of nitrogens with zero attached hydrogens (tertiary/aromatic N) is 2. The molecule has 28 heteroatoms. The highest BCUT2D eigenvalue weighted by Gasteiger charge is 2.76. The minimum absolute atomic E-state index is 0.125. The number of hydrogen-bond acceptors (Lipinski definition) is 3. The van der Waals surface area contributed by atoms with Gasteiger partial charge in [0.15, 0.2) is 69.8 Å². The second-order valence-corrected chi connectivity index (χ2v) is 38.4. The molecule has 0 radical (unpaired) electrons. The average Bonchev–Trinajstić information content (AvgIpc) is 1.48. The van der Waals surface area contributed by atoms with Gasteiger partial charge in [0.05, 0.1) is 11.8 Å². The van der Waals surface area contributed by atoms with Crippen molar-refractivity contribution in [3.63, 3.8) is 0 Å². The Morgan fingerprint density at radius 1 is 0.339 bits per heavy atom. The van der Waals surface area contributed by atoms with Crippen LogP contribution < -0.4 is 43.1 Å². The second kappa shape index (κ2) is 30.6. The van der Waals surface area contributed by atoms with E-state index in [-0.39, 0.29) is 51.4 Å². The molecule has 6 aliphatic rings. The van der Waals surface area contributed by atoms with Crippen molar-refractivity contribution in [3.05, 3.63) is 256 Å². The molecule has 596 valence electrons. The molecule has 0 N–H and O–H groups in total. The van der Waals surface area contributed by atoms with Crippen LogP contribution in [0.3, 0.4) is 0 Å². The molecule has 6 atom stereocenters. The van der Waals surface area contributed by atoms with Crippen molar-refractivity contribution in [2.24, 2.45) is 0 Å². The average molecular weight is 1620 g/mol. The summed E-state index contributed by atoms with van der Waals surface area (Å²) in [6.45, 7) is 21.8. The molecule has 0 bridgehead atoms. The van der Waals surface area contributed by atoms with E-state index in [1.54, 1.807) is 79.7 Å². The SMILES string of the molecule is Cc1cc(C)c(P2(c3c(C)cc(C)cc3C)=[N+](O[C@H]3C=CCCC3)[B-](c3c(F)c(F)c(F)c(F)c3F)(c3c(F)c(F)c(F)c(F)c3F)[C@H]3CCCC[C@@H]32)c(C)c1.Cc1cc(C)c([P+]2(c3c(C)cc(C)cc3C)[C@@H]3CCCC[C@H]3[B-](c3c(F)c(F)c(F)c(F)c3F)(c3c(F)c(F)c(F)c(F)c3F)N2O[C@@H]2C=CCCC2)c(C)c1. The predicted octanol–water partition coefficient (Wildman–Crippen LogP) is 20.5. The number of allylic oxidation sites excluding steroid dienone is 2. The van der Waals surface area contributed by atoms with Gasteiger partial charge in [0.1, 0.15) is 77.7 Å². The summed E-state index contributed by atoms with van der Waals surface area (Å²) in [4.78, 5) is 14.0. The van der Waals surface area contributed by atoms with Gasteiger partial charge in [-0.2, -0.15) is 4.84 Å². The molecule has 0 spiro atoms. The molecular weight excluding hydrogens is 1530 g/mol. The highest BCUT2D eigenvalue weighted by molar-refractivity contribution is 7.91. The van der Waals surface area contributed by atoms with Crippen molar-refractivity contribution >= 4 is 70.1 Å². The summed E-state index contributed by atoms with van der Waals surface area (Å²) in [5.41, 5.74) is 0.0189. The van der Waals surface area contributed by atoms with Gasteiger partial charge in [0, 0.05) is 16.3 Å². The van der Waals surface area contributed by atoms with Gasteiger partial charge in [-0.3, -0.25) is 9.24 Å². The summed E-state index contributed by atoms with van der Waals surface area (Å²) in [7, 11) is -7.81. The Morgan fingerprint density at radius 3 is 0.973 bits per heavy atom. The Kier molecular flexibility index (Phi) is 22.5. The van der Waals surface area contributed by atoms with E-state index < -0.39 is 200 Å². The summed E-state index contributed by atoms with van der Waals surface area (Å²) in [6, 6.07) is 14.9. The van der Waals surface area contributed by atoms with Crippen LogP contribution in [0.4, 0.5) is 87.8 Å². The third-order valence-electron chi connectivity index (χ3n) is 24.6. The molecule has 1 saturated heterocycles. The van der Waals surface area contributed by atoms with Crippen LogP contribution in [0.15, 0.2) is 72.8 Å². The number of benzene rings is 8. The zero-order valence-electron chi connectivity index (χ0n) is 63.6. The van der Waals surface area contributed by atoms with Crippen molar-refractivity contribution in [1.82, 2.24) is 4.74 Å². The molecule has 2 heterocycles. The quantitative estimate of drug-likeness (QED) is 0.0304. The van der Waals surface area contributed by atoms with Crippen LogP contribution in [-0.2, 0) is 9.68 Å². The Morgan fingerprint density at radius 2 is 0.634 bits per heavy atom. The molecule has 112 heavy (non-hydrogen) atoms. The van der Waals surface area contributed by atoms with Gasteiger partial charge in [-0.05, 0) is 185 Å². The first kappa shape index (κ1) is 82.5. The lowest BCUT2D eigenvalue weighted by molar-refractivity contribution is -0.690. The molecule has 0 amide bonds. The van der Waals surface area contributed by atoms with E-state index >= 15 is 70.2 Å². The highest BCUT2D eigenvalue weighted by Crippen LogP contribution is 2.79. The lowest BCUT2D eigenvalue weighted by atomic mass is 9.20. The minimum atomic E-state index is -4.48. The van der Waals surface area contributed by atoms with Gasteiger partial charge in [-0.15, -0.1) is 10.9 Å². The van der Waals surface area contributed by atoms with Crippen molar-refractivity contribution < 1.29 is 102 Å². The number of fused-ring (bicyclic) bond motifs is 2. The molecule has 0 aromatic heterocycles. The van der Waals surface area contributed by atoms with Crippen LogP contribution in [0.1, 0.15) is 157 Å². The third kappa shape index (κ3) is 12.2. The van der Waals surface area contributed by atoms with Gasteiger partial charge in [0.2, 0.25) is 6.28 Å². The lowest BCUT2D eigenvalue weighted by Gasteiger charge is -2.51. The molecule has 0 unspecified atom stereocenters. The largest absolute Gasteiger partial charge is 0.377 e. The normalized spacial score (nSPS) is 21.7. The van der Waals surface area contributed by atoms with E-state index in [4.69, 9.17) is 9.68 Å². The van der Waals surface area contributed by atoms with E-state index in [0.29, 0.717) is 104 Å². The molecule has 2 saturated carbocycles. The molecule has 8 aromatic rings. The first-order valence-corrected chi connectivity index (χ1v) is 41.3. The summed E-state index contributed by atoms with van der Waals surface area (Å²) in [6.07, 6.45) is 0.376. The van der Waals surface area contributed by atoms with E-state index in [1.807, 2.05) is 76.2 Å². The molecule has 8 aromatic carbocycles. The number of halogens is 20. The van der Waals surface area contributed by atoms with Crippen LogP contribution in [0, 0.1) is 199 Å². The maximum Gasteiger partial charge on any atom is 0.377 e. The molecule has 4 aliphatic carbocycles. The number of hydrogen-bond donors (Lipinski definition) is 0. The van der Waals surface area contributed by atoms with Crippen LogP contribution in [0.25, 0.3) is 0 Å². The van der Waals surface area contributed by atoms with Gasteiger partial charge in [-0.1, -0.05) is 150 Å². The molecule has 4 nitrogen and oxygen atoms in total. The van der Waals surface area contributed by atoms with Crippen LogP contribution in [-0.4, -0.2) is 45.2 Å². The zero-order chi connectivity index (χ0) is 81.5. The molecule has 14 rings (SSSR count). The Bertz CT molecular complexity index is 4910. The third-order valence-corrected chi connectivity index (χ3v) is 35.5. The summed E-state index contributed by atoms with van der Waals surface area (Å²) in [5, 5.41) is 2.30. The predicted molar refractivity (Wildman–Crippen MR) is 400 cm³/mol. The Labute approximate surface area is 637 Å². The summed E-state index contributed by atoms with van der Waals surface area (Å²) < 4.78 is 325. The molecule has 2 aliphatic heterocycles. The van der Waals surface area contributed by atoms with Gasteiger partial charge in [0.25, 0.3) is 0 Å². The van der Waals surface area contributed by atoms with Crippen molar-refractivity contribution in [2.75, 3.05) is 0 Å². The van der Waals surface area contributed by atoms with Crippen molar-refractivity contribution in [1.29, 1.82) is 0 Å². The standard InChI is InChI=1S/2C42H41BF10NOP/c2*1-20-16-22(3)41(23(4)17-20)56(42-24(5)18-21(2)19-25(42)6)28-15-11-10-14-27(28)43(54(56)55-26-12-8-7-9-13-26,29-31(44)35(48)39(52)36(49)32(29)45)30-33(46)37(50)40(53)38(51)34(30)47/h2*8,12,16-19,26-28H,7,9-11,13-15H2,1-6H3/t2*26-,27-,28-/m10/s1. The Balaban J connectivity index is 0.000000196. The summed E-state index contributed by atoms with van der Waals surface area (Å²) in [5.74, 6) is -51.9. The smallest absolute Gasteiger partial charge is 0.299 e. The fraction of sp³-hybridized carbons (Fsp3) is 0.381. The second-order valence-electron chi connectivity index (χ2n) is 31.7. The Hall–Kier alpha value is -7.49. The van der Waals surface area contributed by atoms with E-state index in [1.165, 1.54) is 0 Å². The monoisotopic (exact) mass is 1610 g/mol. The van der Waals surface area contributed by atoms with E-state index in [2.05, 4.69) is 0 Å². The first-order chi connectivity index (χ1) is 52.9. The lowest BCUT2D eigenvalue weighted by Crippen LogP contribution is -2.74. The van der Waals surface area contributed by atoms with Crippen molar-refractivity contribution in [3.8, 4) is 0 Å². The fourth-order valence-corrected chi connectivity index (χ4v) is 35.1. The van der Waals surface area contributed by atoms with Crippen LogP contribution in [0.5, 0.6) is 0 Å². The van der Waals surface area contributed by atoms with E-state index in [9.17, 15) is 17.6 Å². The van der Waals surface area contributed by atoms with Crippen molar-refractivity contribution in [2.45, 2.75) is 208 Å². The maximum atomic E-state index is 17.0. The fourth-order valence-electron chi connectivity index (χ4n) is 21.6. The number of rotatable bonds is 12. The first-order valence-electron chi connectivity index (χ1n) is 37.6. The summed E-state index contributed by atoms with van der Waals surface area (Å²) >= 11 is 0. The number of aryl methyl sites for hydroxylation is 12. The maximum absolute atomic E-state index is 17.0. The topological polar surface area (TPSA) is 24.7 Å². The zero-order valence-corrected chi connectivity index (χ0v) is 65.4. The molecular formula is C84H82B2F20N2O2P2. The van der Waals surface area contributed by atoms with Crippen LogP contribution in [0.2, 0.25) is 11.6 Å². The van der Waals surface area contributed by atoms with Crippen LogP contribution >= 0.6 is 14.5 Å². The highest BCUT2D eigenvalue weighted by atomic mass is 31.2. The minimum Gasteiger partial charge on any atom is -0.299 e. The van der Waals surface area contributed by atoms with Gasteiger partial charge >= 0.3 is 6.28 Å². The van der Waals surface area contributed by atoms with E-state index in [0.717, 1.165) is 31.4 Å². The van der Waals surface area contributed by atoms with Gasteiger partial charge < -0.3 is 0 Å².